The highest BCUT2D eigenvalue weighted by molar-refractivity contribution is 5.97. The van der Waals surface area contributed by atoms with Crippen molar-refractivity contribution >= 4 is 16.8 Å². The molecule has 5 rings (SSSR count). The third-order valence-corrected chi connectivity index (χ3v) is 5.79. The highest BCUT2D eigenvalue weighted by Crippen LogP contribution is 2.33. The normalized spacial score (nSPS) is 10.9. The third-order valence-electron chi connectivity index (χ3n) is 5.79. The molecule has 0 radical (unpaired) electrons. The number of phenols is 1. The first-order valence-corrected chi connectivity index (χ1v) is 11.7. The van der Waals surface area contributed by atoms with Crippen molar-refractivity contribution in [3.8, 4) is 22.6 Å². The van der Waals surface area contributed by atoms with E-state index >= 15 is 0 Å². The topological polar surface area (TPSA) is 102 Å². The van der Waals surface area contributed by atoms with Gasteiger partial charge in [0, 0.05) is 23.7 Å². The molecule has 0 saturated heterocycles. The van der Waals surface area contributed by atoms with E-state index in [9.17, 15) is 9.90 Å². The van der Waals surface area contributed by atoms with Gasteiger partial charge in [0.05, 0.1) is 0 Å². The number of benzene rings is 3. The molecule has 1 amide bonds. The van der Waals surface area contributed by atoms with E-state index in [4.69, 9.17) is 4.74 Å². The minimum atomic E-state index is -0.192. The van der Waals surface area contributed by atoms with Gasteiger partial charge in [-0.25, -0.2) is 9.67 Å². The zero-order valence-electron chi connectivity index (χ0n) is 19.5. The molecule has 0 fully saturated rings. The van der Waals surface area contributed by atoms with Gasteiger partial charge in [-0.15, -0.1) is 0 Å². The molecule has 0 saturated carbocycles. The number of rotatable bonds is 9. The first-order valence-electron chi connectivity index (χ1n) is 11.7. The summed E-state index contributed by atoms with van der Waals surface area (Å²) < 4.78 is 7.46. The van der Waals surface area contributed by atoms with E-state index in [1.165, 1.54) is 11.9 Å². The van der Waals surface area contributed by atoms with E-state index in [-0.39, 0.29) is 18.4 Å². The number of amides is 1. The fraction of sp³-hybridized carbons (Fsp3) is 0.143. The van der Waals surface area contributed by atoms with Gasteiger partial charge in [0.1, 0.15) is 29.7 Å². The summed E-state index contributed by atoms with van der Waals surface area (Å²) in [6.07, 6.45) is 6.34. The van der Waals surface area contributed by atoms with Gasteiger partial charge in [-0.2, -0.15) is 5.10 Å². The number of ether oxygens (including phenoxy) is 1. The van der Waals surface area contributed by atoms with E-state index in [0.717, 1.165) is 29.4 Å². The number of aromatic hydroxyl groups is 1. The van der Waals surface area contributed by atoms with E-state index < -0.39 is 0 Å². The Labute approximate surface area is 208 Å². The quantitative estimate of drug-likeness (QED) is 0.300. The highest BCUT2D eigenvalue weighted by Gasteiger charge is 2.13. The maximum Gasteiger partial charge on any atom is 0.251 e. The first-order chi connectivity index (χ1) is 17.7. The summed E-state index contributed by atoms with van der Waals surface area (Å²) >= 11 is 0. The standard InChI is InChI=1S/C28H25N5O3/c34-26-16-23(12-21-9-5-10-30-27(21)26)22-13-24(15-25(14-22)36-19-33-18-29-17-32-33)28(35)31-11-4-8-20-6-2-1-3-7-20/h1-3,5-7,9-10,12-18,34H,4,8,11,19H2,(H,31,35). The lowest BCUT2D eigenvalue weighted by atomic mass is 10.00. The SMILES string of the molecule is O=C(NCCCc1ccccc1)c1cc(OCn2cncn2)cc(-c2cc(O)c3ncccc3c2)c1. The van der Waals surface area contributed by atoms with Crippen molar-refractivity contribution in [3.05, 3.63) is 103 Å². The summed E-state index contributed by atoms with van der Waals surface area (Å²) in [5, 5.41) is 18.4. The smallest absolute Gasteiger partial charge is 0.251 e. The zero-order chi connectivity index (χ0) is 24.7. The fourth-order valence-electron chi connectivity index (χ4n) is 4.00. The van der Waals surface area contributed by atoms with Crippen LogP contribution in [0.15, 0.2) is 91.6 Å². The number of nitrogens with one attached hydrogen (secondary N) is 1. The Morgan fingerprint density at radius 1 is 1.00 bits per heavy atom. The molecular weight excluding hydrogens is 454 g/mol. The molecule has 8 heteroatoms. The minimum absolute atomic E-state index is 0.0731. The first kappa shape index (κ1) is 23.0. The number of hydrogen-bond donors (Lipinski definition) is 2. The average molecular weight is 480 g/mol. The van der Waals surface area contributed by atoms with Gasteiger partial charge in [-0.05, 0) is 65.9 Å². The monoisotopic (exact) mass is 479 g/mol. The molecule has 0 bridgehead atoms. The number of aromatic nitrogens is 4. The molecular formula is C28H25N5O3. The molecule has 0 aliphatic heterocycles. The van der Waals surface area contributed by atoms with E-state index in [2.05, 4.69) is 32.5 Å². The second kappa shape index (κ2) is 10.7. The van der Waals surface area contributed by atoms with Crippen molar-refractivity contribution in [1.82, 2.24) is 25.1 Å². The molecule has 2 heterocycles. The number of phenolic OH excluding ortho intramolecular Hbond substituents is 1. The number of aryl methyl sites for hydroxylation is 1. The second-order valence-corrected chi connectivity index (χ2v) is 8.37. The lowest BCUT2D eigenvalue weighted by Crippen LogP contribution is -2.25. The van der Waals surface area contributed by atoms with Crippen molar-refractivity contribution in [2.75, 3.05) is 6.54 Å². The Kier molecular flexibility index (Phi) is 6.84. The van der Waals surface area contributed by atoms with Crippen molar-refractivity contribution in [2.45, 2.75) is 19.6 Å². The van der Waals surface area contributed by atoms with Crippen LogP contribution in [-0.4, -0.2) is 37.3 Å². The van der Waals surface area contributed by atoms with Gasteiger partial charge in [0.25, 0.3) is 5.91 Å². The number of hydrogen-bond acceptors (Lipinski definition) is 6. The van der Waals surface area contributed by atoms with Crippen molar-refractivity contribution in [1.29, 1.82) is 0 Å². The number of pyridine rings is 1. The van der Waals surface area contributed by atoms with Gasteiger partial charge in [-0.1, -0.05) is 36.4 Å². The van der Waals surface area contributed by atoms with Gasteiger partial charge in [0.15, 0.2) is 6.73 Å². The summed E-state index contributed by atoms with van der Waals surface area (Å²) in [6.45, 7) is 0.698. The Bertz CT molecular complexity index is 1470. The highest BCUT2D eigenvalue weighted by atomic mass is 16.5. The average Bonchev–Trinajstić information content (AvgIpc) is 3.44. The maximum atomic E-state index is 13.1. The molecule has 36 heavy (non-hydrogen) atoms. The van der Waals surface area contributed by atoms with E-state index in [1.54, 1.807) is 35.4 Å². The van der Waals surface area contributed by atoms with Crippen molar-refractivity contribution < 1.29 is 14.6 Å². The van der Waals surface area contributed by atoms with Gasteiger partial charge in [0.2, 0.25) is 0 Å². The maximum absolute atomic E-state index is 13.1. The van der Waals surface area contributed by atoms with Crippen LogP contribution in [0.25, 0.3) is 22.0 Å². The van der Waals surface area contributed by atoms with E-state index in [1.807, 2.05) is 42.5 Å². The van der Waals surface area contributed by atoms with E-state index in [0.29, 0.717) is 23.4 Å². The lowest BCUT2D eigenvalue weighted by Gasteiger charge is -2.13. The fourth-order valence-corrected chi connectivity index (χ4v) is 4.00. The van der Waals surface area contributed by atoms with Crippen LogP contribution in [0.5, 0.6) is 11.5 Å². The predicted octanol–water partition coefficient (Wildman–Crippen LogP) is 4.60. The second-order valence-electron chi connectivity index (χ2n) is 8.37. The Morgan fingerprint density at radius 3 is 2.69 bits per heavy atom. The van der Waals surface area contributed by atoms with Crippen LogP contribution in [0.1, 0.15) is 22.3 Å². The summed E-state index contributed by atoms with van der Waals surface area (Å²) in [6, 6.07) is 22.8. The van der Waals surface area contributed by atoms with Crippen molar-refractivity contribution in [2.24, 2.45) is 0 Å². The summed E-state index contributed by atoms with van der Waals surface area (Å²) in [5.41, 5.74) is 3.71. The van der Waals surface area contributed by atoms with Crippen LogP contribution in [0, 0.1) is 0 Å². The largest absolute Gasteiger partial charge is 0.506 e. The molecule has 0 unspecified atom stereocenters. The van der Waals surface area contributed by atoms with Crippen LogP contribution in [-0.2, 0) is 13.2 Å². The van der Waals surface area contributed by atoms with Gasteiger partial charge >= 0.3 is 0 Å². The molecule has 2 N–H and O–H groups in total. The molecule has 8 nitrogen and oxygen atoms in total. The predicted molar refractivity (Wildman–Crippen MR) is 137 cm³/mol. The molecule has 2 aromatic heterocycles. The van der Waals surface area contributed by atoms with Crippen LogP contribution < -0.4 is 10.1 Å². The molecule has 180 valence electrons. The number of fused-ring (bicyclic) bond motifs is 1. The van der Waals surface area contributed by atoms with Crippen molar-refractivity contribution in [3.63, 3.8) is 0 Å². The number of carbonyl (C=O) groups is 1. The summed E-state index contributed by atoms with van der Waals surface area (Å²) in [5.74, 6) is 0.384. The molecule has 5 aromatic rings. The van der Waals surface area contributed by atoms with Crippen LogP contribution in [0.4, 0.5) is 0 Å². The molecule has 3 aromatic carbocycles. The molecule has 0 aliphatic carbocycles. The lowest BCUT2D eigenvalue weighted by molar-refractivity contribution is 0.0952. The summed E-state index contributed by atoms with van der Waals surface area (Å²) in [7, 11) is 0. The third kappa shape index (κ3) is 5.50. The Balaban J connectivity index is 1.38. The Hall–Kier alpha value is -4.72. The minimum Gasteiger partial charge on any atom is -0.506 e. The van der Waals surface area contributed by atoms with Gasteiger partial charge < -0.3 is 15.2 Å². The molecule has 0 spiro atoms. The Morgan fingerprint density at radius 2 is 1.86 bits per heavy atom. The number of nitrogens with zero attached hydrogens (tertiary/aromatic N) is 4. The summed E-state index contributed by atoms with van der Waals surface area (Å²) in [4.78, 5) is 21.2. The van der Waals surface area contributed by atoms with Crippen LogP contribution in [0.2, 0.25) is 0 Å². The molecule has 0 aliphatic rings. The van der Waals surface area contributed by atoms with Gasteiger partial charge in [-0.3, -0.25) is 9.78 Å². The van der Waals surface area contributed by atoms with Crippen LogP contribution >= 0.6 is 0 Å². The zero-order valence-corrected chi connectivity index (χ0v) is 19.5. The van der Waals surface area contributed by atoms with Crippen LogP contribution in [0.3, 0.4) is 0 Å². The number of carbonyl (C=O) groups excluding carboxylic acids is 1. The molecule has 0 atom stereocenters.